The van der Waals surface area contributed by atoms with Crippen LogP contribution in [-0.2, 0) is 19.6 Å². The van der Waals surface area contributed by atoms with E-state index in [0.717, 1.165) is 11.3 Å². The number of hydrogen-bond acceptors (Lipinski definition) is 9. The minimum absolute atomic E-state index is 0.0156. The van der Waals surface area contributed by atoms with Gasteiger partial charge in [-0.25, -0.2) is 23.3 Å². The molecule has 9 nitrogen and oxygen atoms in total. The maximum absolute atomic E-state index is 12.2. The minimum atomic E-state index is -3.81. The van der Waals surface area contributed by atoms with Crippen molar-refractivity contribution in [3.63, 3.8) is 0 Å². The number of ether oxygens (including phenoxy) is 1. The number of aliphatic imine (C=N–C) groups is 1. The summed E-state index contributed by atoms with van der Waals surface area (Å²) in [5.74, 6) is -0.461. The summed E-state index contributed by atoms with van der Waals surface area (Å²) >= 11 is 1.29. The fourth-order valence-corrected chi connectivity index (χ4v) is 5.00. The Labute approximate surface area is 172 Å². The van der Waals surface area contributed by atoms with Crippen LogP contribution in [0.3, 0.4) is 0 Å². The molecule has 2 heterocycles. The fourth-order valence-electron chi connectivity index (χ4n) is 3.22. The standard InChI is InChI=1S/C18H19N5O4S2/c1-2-27-17(24)16-23-15-7-6-14(13-9-20-10-21-18(13,15)28-16)22-11-4-3-5-12(8-11)29(19,25)26/h3-9,20-22H,2,10H2,1H3,(H2,19,25,26). The molecular weight excluding hydrogens is 414 g/mol. The van der Waals surface area contributed by atoms with Gasteiger partial charge in [0.05, 0.1) is 23.9 Å². The second kappa shape index (κ2) is 7.34. The van der Waals surface area contributed by atoms with Gasteiger partial charge in [-0.3, -0.25) is 5.32 Å². The van der Waals surface area contributed by atoms with E-state index in [4.69, 9.17) is 9.88 Å². The Kier molecular flexibility index (Phi) is 4.99. The third-order valence-corrected chi connectivity index (χ3v) is 6.73. The van der Waals surface area contributed by atoms with E-state index < -0.39 is 20.9 Å². The normalized spacial score (nSPS) is 22.8. The van der Waals surface area contributed by atoms with Gasteiger partial charge in [0.1, 0.15) is 4.87 Å². The van der Waals surface area contributed by atoms with Crippen molar-refractivity contribution in [3.05, 3.63) is 59.6 Å². The summed E-state index contributed by atoms with van der Waals surface area (Å²) in [5, 5.41) is 15.3. The lowest BCUT2D eigenvalue weighted by Gasteiger charge is -2.39. The van der Waals surface area contributed by atoms with Crippen molar-refractivity contribution in [1.82, 2.24) is 10.6 Å². The van der Waals surface area contributed by atoms with Crippen LogP contribution in [0.2, 0.25) is 0 Å². The summed E-state index contributed by atoms with van der Waals surface area (Å²) in [6, 6.07) is 6.26. The molecule has 11 heteroatoms. The second-order valence-electron chi connectivity index (χ2n) is 6.37. The highest BCUT2D eigenvalue weighted by Crippen LogP contribution is 2.49. The molecule has 0 radical (unpaired) electrons. The van der Waals surface area contributed by atoms with E-state index in [9.17, 15) is 13.2 Å². The number of hydrogen-bond donors (Lipinski definition) is 4. The molecule has 1 unspecified atom stereocenters. The zero-order valence-electron chi connectivity index (χ0n) is 15.4. The highest BCUT2D eigenvalue weighted by molar-refractivity contribution is 8.17. The average molecular weight is 434 g/mol. The van der Waals surface area contributed by atoms with Crippen molar-refractivity contribution in [1.29, 1.82) is 0 Å². The monoisotopic (exact) mass is 433 g/mol. The van der Waals surface area contributed by atoms with Crippen LogP contribution in [0.4, 0.5) is 5.69 Å². The van der Waals surface area contributed by atoms with Crippen LogP contribution in [0.25, 0.3) is 0 Å². The number of allylic oxidation sites excluding steroid dienone is 2. The van der Waals surface area contributed by atoms with E-state index >= 15 is 0 Å². The number of benzene rings is 1. The fraction of sp³-hybridized carbons (Fsp3) is 0.222. The van der Waals surface area contributed by atoms with Crippen LogP contribution in [0.15, 0.2) is 69.5 Å². The number of esters is 1. The second-order valence-corrected chi connectivity index (χ2v) is 9.13. The number of nitrogens with one attached hydrogen (secondary N) is 3. The molecule has 5 N–H and O–H groups in total. The molecule has 3 aliphatic rings. The van der Waals surface area contributed by atoms with Gasteiger partial charge in [0.25, 0.3) is 0 Å². The number of carbonyl (C=O) groups is 1. The Bertz CT molecular complexity index is 1110. The summed E-state index contributed by atoms with van der Waals surface area (Å²) < 4.78 is 28.4. The first-order chi connectivity index (χ1) is 13.8. The van der Waals surface area contributed by atoms with E-state index in [2.05, 4.69) is 20.9 Å². The number of anilines is 1. The van der Waals surface area contributed by atoms with Crippen molar-refractivity contribution in [3.8, 4) is 0 Å². The zero-order valence-corrected chi connectivity index (χ0v) is 17.1. The molecule has 1 aromatic carbocycles. The van der Waals surface area contributed by atoms with Crippen LogP contribution < -0.4 is 21.1 Å². The minimum Gasteiger partial charge on any atom is -0.461 e. The van der Waals surface area contributed by atoms with Crippen LogP contribution >= 0.6 is 11.8 Å². The van der Waals surface area contributed by atoms with Gasteiger partial charge in [0, 0.05) is 23.2 Å². The van der Waals surface area contributed by atoms with Crippen molar-refractivity contribution >= 4 is 38.5 Å². The Morgan fingerprint density at radius 3 is 3.00 bits per heavy atom. The van der Waals surface area contributed by atoms with E-state index in [0.29, 0.717) is 18.1 Å². The topological polar surface area (TPSA) is 135 Å². The molecule has 1 spiro atoms. The van der Waals surface area contributed by atoms with Gasteiger partial charge in [-0.05, 0) is 37.3 Å². The summed E-state index contributed by atoms with van der Waals surface area (Å²) in [6.45, 7) is 2.51. The first kappa shape index (κ1) is 19.7. The molecule has 0 aromatic heterocycles. The number of carbonyl (C=O) groups excluding carboxylic acids is 1. The summed E-state index contributed by atoms with van der Waals surface area (Å²) in [5.41, 5.74) is 2.82. The van der Waals surface area contributed by atoms with E-state index in [-0.39, 0.29) is 16.5 Å². The molecule has 0 bridgehead atoms. The molecule has 2 aliphatic heterocycles. The van der Waals surface area contributed by atoms with E-state index in [1.807, 2.05) is 18.4 Å². The van der Waals surface area contributed by atoms with Crippen LogP contribution in [-0.4, -0.2) is 37.6 Å². The van der Waals surface area contributed by atoms with Gasteiger partial charge in [0.2, 0.25) is 10.0 Å². The third-order valence-electron chi connectivity index (χ3n) is 4.49. The predicted octanol–water partition coefficient (Wildman–Crippen LogP) is 0.966. The number of primary sulfonamides is 1. The lowest BCUT2D eigenvalue weighted by Crippen LogP contribution is -2.52. The first-order valence-electron chi connectivity index (χ1n) is 8.80. The molecule has 152 valence electrons. The Morgan fingerprint density at radius 2 is 2.24 bits per heavy atom. The van der Waals surface area contributed by atoms with Crippen molar-refractivity contribution < 1.29 is 17.9 Å². The molecule has 4 rings (SSSR count). The SMILES string of the molecule is CCOC(=O)C1=NC2=CC=C(Nc3cccc(S(N)(=O)=O)c3)C3=CNCNC23S1. The average Bonchev–Trinajstić information content (AvgIpc) is 3.06. The maximum Gasteiger partial charge on any atom is 0.363 e. The van der Waals surface area contributed by atoms with E-state index in [1.165, 1.54) is 23.9 Å². The van der Waals surface area contributed by atoms with E-state index in [1.54, 1.807) is 19.1 Å². The quantitative estimate of drug-likeness (QED) is 0.505. The number of sulfonamides is 1. The summed E-state index contributed by atoms with van der Waals surface area (Å²) in [6.07, 6.45) is 5.50. The number of nitrogens with two attached hydrogens (primary N) is 1. The van der Waals surface area contributed by atoms with Crippen molar-refractivity contribution in [2.24, 2.45) is 10.1 Å². The first-order valence-corrected chi connectivity index (χ1v) is 11.2. The van der Waals surface area contributed by atoms with Gasteiger partial charge < -0.3 is 15.4 Å². The van der Waals surface area contributed by atoms with Crippen LogP contribution in [0, 0.1) is 0 Å². The third kappa shape index (κ3) is 3.57. The molecule has 1 atom stereocenters. The van der Waals surface area contributed by atoms with Crippen LogP contribution in [0.1, 0.15) is 6.92 Å². The van der Waals surface area contributed by atoms with Gasteiger partial charge >= 0.3 is 5.97 Å². The number of rotatable bonds is 5. The largest absolute Gasteiger partial charge is 0.461 e. The number of thioether (sulfide) groups is 1. The highest BCUT2D eigenvalue weighted by Gasteiger charge is 2.50. The Hall–Kier alpha value is -2.60. The van der Waals surface area contributed by atoms with Gasteiger partial charge in [-0.1, -0.05) is 17.8 Å². The number of nitrogens with zero attached hydrogens (tertiary/aromatic N) is 1. The van der Waals surface area contributed by atoms with Crippen molar-refractivity contribution in [2.45, 2.75) is 16.7 Å². The van der Waals surface area contributed by atoms with Gasteiger partial charge in [0.15, 0.2) is 5.04 Å². The lowest BCUT2D eigenvalue weighted by molar-refractivity contribution is -0.134. The predicted molar refractivity (Wildman–Crippen MR) is 111 cm³/mol. The zero-order chi connectivity index (χ0) is 20.6. The maximum atomic E-state index is 12.2. The van der Waals surface area contributed by atoms with Gasteiger partial charge in [-0.2, -0.15) is 0 Å². The van der Waals surface area contributed by atoms with Gasteiger partial charge in [-0.15, -0.1) is 0 Å². The molecule has 1 aliphatic carbocycles. The molecule has 29 heavy (non-hydrogen) atoms. The molecule has 0 saturated carbocycles. The Balaban J connectivity index is 1.68. The summed E-state index contributed by atoms with van der Waals surface area (Å²) in [7, 11) is -3.81. The molecular formula is C18H19N5O4S2. The Morgan fingerprint density at radius 1 is 1.41 bits per heavy atom. The lowest BCUT2D eigenvalue weighted by atomic mass is 9.94. The van der Waals surface area contributed by atoms with Crippen LogP contribution in [0.5, 0.6) is 0 Å². The smallest absolute Gasteiger partial charge is 0.363 e. The highest BCUT2D eigenvalue weighted by atomic mass is 32.2. The molecule has 1 aromatic rings. The van der Waals surface area contributed by atoms with Crippen molar-refractivity contribution in [2.75, 3.05) is 18.6 Å². The molecule has 0 fully saturated rings. The molecule has 0 amide bonds. The molecule has 0 saturated heterocycles. The summed E-state index contributed by atoms with van der Waals surface area (Å²) in [4.78, 5) is 15.9.